The summed E-state index contributed by atoms with van der Waals surface area (Å²) in [6.07, 6.45) is 0. The fourth-order valence-electron chi connectivity index (χ4n) is 1.86. The van der Waals surface area contributed by atoms with Crippen molar-refractivity contribution in [2.45, 2.75) is 10.3 Å². The zero-order valence-electron chi connectivity index (χ0n) is 10.7. The summed E-state index contributed by atoms with van der Waals surface area (Å²) in [7, 11) is -2.32. The van der Waals surface area contributed by atoms with Crippen LogP contribution in [0.3, 0.4) is 0 Å². The lowest BCUT2D eigenvalue weighted by Gasteiger charge is -2.25. The van der Waals surface area contributed by atoms with Crippen molar-refractivity contribution >= 4 is 21.4 Å². The minimum absolute atomic E-state index is 0.190. The summed E-state index contributed by atoms with van der Waals surface area (Å²) >= 11 is 1.10. The van der Waals surface area contributed by atoms with Gasteiger partial charge in [-0.2, -0.15) is 4.31 Å². The molecule has 0 spiro atoms. The average Bonchev–Trinajstić information content (AvgIpc) is 2.94. The van der Waals surface area contributed by atoms with Gasteiger partial charge in [0.05, 0.1) is 12.6 Å². The maximum absolute atomic E-state index is 13.2. The number of hydrogen-bond donors (Lipinski definition) is 1. The lowest BCUT2D eigenvalue weighted by Crippen LogP contribution is -2.33. The number of aliphatic hydroxyl groups excluding tert-OH is 1. The van der Waals surface area contributed by atoms with E-state index in [4.69, 9.17) is 0 Å². The van der Waals surface area contributed by atoms with E-state index in [2.05, 4.69) is 0 Å². The monoisotopic (exact) mass is 315 g/mol. The molecule has 1 atom stereocenters. The summed E-state index contributed by atoms with van der Waals surface area (Å²) in [5.74, 6) is -0.470. The van der Waals surface area contributed by atoms with Crippen LogP contribution in [0.2, 0.25) is 0 Å². The molecule has 0 aliphatic heterocycles. The van der Waals surface area contributed by atoms with E-state index in [1.807, 2.05) is 0 Å². The molecule has 0 aliphatic rings. The summed E-state index contributed by atoms with van der Waals surface area (Å²) in [5, 5.41) is 11.1. The zero-order chi connectivity index (χ0) is 14.8. The summed E-state index contributed by atoms with van der Waals surface area (Å²) in [6.45, 7) is -0.426. The van der Waals surface area contributed by atoms with Crippen molar-refractivity contribution in [2.75, 3.05) is 13.7 Å². The van der Waals surface area contributed by atoms with Gasteiger partial charge in [0.15, 0.2) is 0 Å². The van der Waals surface area contributed by atoms with Crippen molar-refractivity contribution in [1.29, 1.82) is 0 Å². The van der Waals surface area contributed by atoms with Crippen molar-refractivity contribution in [1.82, 2.24) is 4.31 Å². The molecule has 0 aliphatic carbocycles. The summed E-state index contributed by atoms with van der Waals surface area (Å²) < 4.78 is 39.3. The molecule has 0 fully saturated rings. The maximum Gasteiger partial charge on any atom is 0.252 e. The van der Waals surface area contributed by atoms with Crippen molar-refractivity contribution in [2.24, 2.45) is 0 Å². The van der Waals surface area contributed by atoms with Crippen LogP contribution in [0.4, 0.5) is 4.39 Å². The first-order chi connectivity index (χ1) is 9.46. The molecular weight excluding hydrogens is 301 g/mol. The fraction of sp³-hybridized carbons (Fsp3) is 0.231. The Kier molecular flexibility index (Phi) is 4.54. The third kappa shape index (κ3) is 2.90. The number of rotatable bonds is 5. The van der Waals surface area contributed by atoms with Crippen LogP contribution < -0.4 is 0 Å². The van der Waals surface area contributed by atoms with Crippen LogP contribution in [0, 0.1) is 5.82 Å². The standard InChI is InChI=1S/C13H14FNO3S2/c1-15(20(17,18)13-6-3-7-19-13)12(9-16)10-4-2-5-11(14)8-10/h2-8,12,16H,9H2,1H3/t12-/m0/s1. The smallest absolute Gasteiger partial charge is 0.252 e. The summed E-state index contributed by atoms with van der Waals surface area (Å²) in [4.78, 5) is 0. The predicted octanol–water partition coefficient (Wildman–Crippen LogP) is 2.24. The molecule has 0 amide bonds. The molecule has 2 rings (SSSR count). The molecule has 0 unspecified atom stereocenters. The van der Waals surface area contributed by atoms with Crippen LogP contribution in [0.5, 0.6) is 0 Å². The van der Waals surface area contributed by atoms with Gasteiger partial charge in [0, 0.05) is 7.05 Å². The van der Waals surface area contributed by atoms with E-state index < -0.39 is 28.5 Å². The number of thiophene rings is 1. The Balaban J connectivity index is 2.37. The van der Waals surface area contributed by atoms with Gasteiger partial charge in [-0.05, 0) is 29.1 Å². The first-order valence-corrected chi connectivity index (χ1v) is 8.16. The first kappa shape index (κ1) is 15.1. The number of sulfonamides is 1. The highest BCUT2D eigenvalue weighted by atomic mass is 32.2. The van der Waals surface area contributed by atoms with E-state index in [9.17, 15) is 17.9 Å². The van der Waals surface area contributed by atoms with Crippen LogP contribution >= 0.6 is 11.3 Å². The van der Waals surface area contributed by atoms with E-state index in [1.54, 1.807) is 17.5 Å². The number of halogens is 1. The molecule has 1 aromatic heterocycles. The van der Waals surface area contributed by atoms with Crippen LogP contribution in [0.15, 0.2) is 46.0 Å². The molecule has 4 nitrogen and oxygen atoms in total. The van der Waals surface area contributed by atoms with Crippen LogP contribution in [0.25, 0.3) is 0 Å². The van der Waals surface area contributed by atoms with Gasteiger partial charge in [-0.3, -0.25) is 0 Å². The molecular formula is C13H14FNO3S2. The normalized spacial score (nSPS) is 13.6. The quantitative estimate of drug-likeness (QED) is 0.920. The van der Waals surface area contributed by atoms with Crippen molar-refractivity contribution < 1.29 is 17.9 Å². The zero-order valence-corrected chi connectivity index (χ0v) is 12.4. The number of nitrogens with zero attached hydrogens (tertiary/aromatic N) is 1. The maximum atomic E-state index is 13.2. The molecule has 0 saturated carbocycles. The minimum Gasteiger partial charge on any atom is -0.394 e. The second kappa shape index (κ2) is 6.01. The lowest BCUT2D eigenvalue weighted by molar-refractivity contribution is 0.204. The predicted molar refractivity (Wildman–Crippen MR) is 75.5 cm³/mol. The van der Waals surface area contributed by atoms with E-state index >= 15 is 0 Å². The topological polar surface area (TPSA) is 57.6 Å². The lowest BCUT2D eigenvalue weighted by atomic mass is 10.1. The van der Waals surface area contributed by atoms with Crippen molar-refractivity contribution in [3.63, 3.8) is 0 Å². The Labute approximate surface area is 121 Å². The molecule has 0 saturated heterocycles. The van der Waals surface area contributed by atoms with E-state index in [0.717, 1.165) is 15.6 Å². The third-order valence-corrected chi connectivity index (χ3v) is 6.21. The van der Waals surface area contributed by atoms with E-state index in [1.165, 1.54) is 31.3 Å². The third-order valence-electron chi connectivity index (χ3n) is 2.97. The van der Waals surface area contributed by atoms with E-state index in [-0.39, 0.29) is 4.21 Å². The van der Waals surface area contributed by atoms with Crippen LogP contribution in [-0.4, -0.2) is 31.5 Å². The molecule has 0 bridgehead atoms. The number of benzene rings is 1. The van der Waals surface area contributed by atoms with Gasteiger partial charge in [-0.15, -0.1) is 11.3 Å². The van der Waals surface area contributed by atoms with Gasteiger partial charge in [0.2, 0.25) is 0 Å². The molecule has 1 aromatic carbocycles. The van der Waals surface area contributed by atoms with Gasteiger partial charge in [-0.1, -0.05) is 18.2 Å². The summed E-state index contributed by atoms with van der Waals surface area (Å²) in [5.41, 5.74) is 0.412. The fourth-order valence-corrected chi connectivity index (χ4v) is 4.38. The largest absolute Gasteiger partial charge is 0.394 e. The average molecular weight is 315 g/mol. The molecule has 0 radical (unpaired) electrons. The molecule has 1 N–H and O–H groups in total. The van der Waals surface area contributed by atoms with Gasteiger partial charge in [0.1, 0.15) is 10.0 Å². The molecule has 108 valence electrons. The second-order valence-electron chi connectivity index (χ2n) is 4.21. The van der Waals surface area contributed by atoms with Crippen LogP contribution in [-0.2, 0) is 10.0 Å². The van der Waals surface area contributed by atoms with Gasteiger partial charge in [-0.25, -0.2) is 12.8 Å². The van der Waals surface area contributed by atoms with Gasteiger partial charge >= 0.3 is 0 Å². The second-order valence-corrected chi connectivity index (χ2v) is 7.38. The SMILES string of the molecule is CN([C@@H](CO)c1cccc(F)c1)S(=O)(=O)c1cccs1. The first-order valence-electron chi connectivity index (χ1n) is 5.84. The Bertz CT molecular complexity index is 671. The molecule has 7 heteroatoms. The van der Waals surface area contributed by atoms with Crippen molar-refractivity contribution in [3.05, 3.63) is 53.2 Å². The van der Waals surface area contributed by atoms with Crippen LogP contribution in [0.1, 0.15) is 11.6 Å². The minimum atomic E-state index is -3.70. The Hall–Kier alpha value is -1.28. The highest BCUT2D eigenvalue weighted by Crippen LogP contribution is 2.28. The van der Waals surface area contributed by atoms with Crippen molar-refractivity contribution in [3.8, 4) is 0 Å². The Morgan fingerprint density at radius 1 is 1.35 bits per heavy atom. The molecule has 20 heavy (non-hydrogen) atoms. The highest BCUT2D eigenvalue weighted by Gasteiger charge is 2.29. The van der Waals surface area contributed by atoms with Gasteiger partial charge < -0.3 is 5.11 Å². The molecule has 1 heterocycles. The highest BCUT2D eigenvalue weighted by molar-refractivity contribution is 7.91. The molecule has 2 aromatic rings. The number of aliphatic hydroxyl groups is 1. The van der Waals surface area contributed by atoms with Gasteiger partial charge in [0.25, 0.3) is 10.0 Å². The number of likely N-dealkylation sites (N-methyl/N-ethyl adjacent to an activating group) is 1. The van der Waals surface area contributed by atoms with E-state index in [0.29, 0.717) is 5.56 Å². The Morgan fingerprint density at radius 3 is 2.65 bits per heavy atom. The summed E-state index contributed by atoms with van der Waals surface area (Å²) in [6, 6.07) is 7.88. The number of hydrogen-bond acceptors (Lipinski definition) is 4. The Morgan fingerprint density at radius 2 is 2.10 bits per heavy atom.